The summed E-state index contributed by atoms with van der Waals surface area (Å²) in [7, 11) is 0. The molecule has 0 radical (unpaired) electrons. The molecule has 0 aliphatic carbocycles. The molecule has 0 aliphatic rings. The third kappa shape index (κ3) is 6.14. The molecule has 0 aliphatic heterocycles. The predicted molar refractivity (Wildman–Crippen MR) is 86.1 cm³/mol. The number of aliphatic carboxylic acids is 1. The molecule has 0 spiro atoms. The highest BCUT2D eigenvalue weighted by atomic mass is 35.5. The van der Waals surface area contributed by atoms with Crippen molar-refractivity contribution in [2.24, 2.45) is 0 Å². The molecule has 0 bridgehead atoms. The fourth-order valence-electron chi connectivity index (χ4n) is 2.01. The average molecular weight is 315 g/mol. The van der Waals surface area contributed by atoms with Gasteiger partial charge in [0.15, 0.2) is 0 Å². The topological polar surface area (TPSA) is 78.4 Å². The van der Waals surface area contributed by atoms with Crippen molar-refractivity contribution in [1.82, 2.24) is 5.32 Å². The van der Waals surface area contributed by atoms with Crippen molar-refractivity contribution in [2.45, 2.75) is 39.7 Å². The van der Waals surface area contributed by atoms with Gasteiger partial charge >= 0.3 is 5.97 Å². The van der Waals surface area contributed by atoms with E-state index in [9.17, 15) is 9.59 Å². The average Bonchev–Trinajstić information content (AvgIpc) is 2.38. The summed E-state index contributed by atoms with van der Waals surface area (Å²) in [5.74, 6) is -1.16. The minimum Gasteiger partial charge on any atom is -0.480 e. The fourth-order valence-corrected chi connectivity index (χ4v) is 2.01. The van der Waals surface area contributed by atoms with E-state index in [0.29, 0.717) is 6.42 Å². The number of carboxylic acids is 1. The van der Waals surface area contributed by atoms with Crippen molar-refractivity contribution >= 4 is 30.0 Å². The van der Waals surface area contributed by atoms with E-state index in [-0.39, 0.29) is 24.9 Å². The van der Waals surface area contributed by atoms with Crippen LogP contribution in [0, 0.1) is 13.8 Å². The number of nitrogens with one attached hydrogen (secondary N) is 2. The first-order chi connectivity index (χ1) is 9.45. The first-order valence-corrected chi connectivity index (χ1v) is 6.78. The fraction of sp³-hybridized carbons (Fsp3) is 0.467. The highest BCUT2D eigenvalue weighted by Crippen LogP contribution is 2.18. The molecule has 6 heteroatoms. The number of anilines is 1. The molecule has 0 fully saturated rings. The summed E-state index contributed by atoms with van der Waals surface area (Å²) in [5, 5.41) is 14.6. The van der Waals surface area contributed by atoms with Crippen LogP contribution in [0.15, 0.2) is 18.2 Å². The molecule has 1 aromatic rings. The van der Waals surface area contributed by atoms with E-state index in [1.165, 1.54) is 0 Å². The van der Waals surface area contributed by atoms with Crippen molar-refractivity contribution in [3.8, 4) is 0 Å². The van der Waals surface area contributed by atoms with E-state index >= 15 is 0 Å². The summed E-state index contributed by atoms with van der Waals surface area (Å²) in [6.07, 6.45) is 1.26. The molecule has 0 saturated heterocycles. The van der Waals surface area contributed by atoms with Gasteiger partial charge in [0.1, 0.15) is 6.04 Å². The van der Waals surface area contributed by atoms with E-state index in [1.54, 1.807) is 0 Å². The van der Waals surface area contributed by atoms with Crippen molar-refractivity contribution in [3.63, 3.8) is 0 Å². The van der Waals surface area contributed by atoms with E-state index in [1.807, 2.05) is 39.0 Å². The Morgan fingerprint density at radius 3 is 2.29 bits per heavy atom. The van der Waals surface area contributed by atoms with Gasteiger partial charge in [0.25, 0.3) is 0 Å². The summed E-state index contributed by atoms with van der Waals surface area (Å²) in [4.78, 5) is 22.9. The number of benzene rings is 1. The standard InChI is InChI=1S/C15H22N2O3.ClH/c1-4-6-12(15(19)20)16-9-13(18)17-14-10(2)7-5-8-11(14)3;/h5,7-8,12,16H,4,6,9H2,1-3H3,(H,17,18)(H,19,20);1H. The molecule has 21 heavy (non-hydrogen) atoms. The molecule has 3 N–H and O–H groups in total. The molecule has 118 valence electrons. The first kappa shape index (κ1) is 19.4. The lowest BCUT2D eigenvalue weighted by Gasteiger charge is -2.15. The van der Waals surface area contributed by atoms with Gasteiger partial charge in [-0.3, -0.25) is 14.9 Å². The number of aryl methyl sites for hydroxylation is 2. The monoisotopic (exact) mass is 314 g/mol. The zero-order chi connectivity index (χ0) is 15.1. The van der Waals surface area contributed by atoms with Gasteiger partial charge < -0.3 is 10.4 Å². The van der Waals surface area contributed by atoms with Gasteiger partial charge in [-0.25, -0.2) is 0 Å². The maximum Gasteiger partial charge on any atom is 0.320 e. The van der Waals surface area contributed by atoms with Crippen LogP contribution >= 0.6 is 12.4 Å². The third-order valence-corrected chi connectivity index (χ3v) is 3.13. The maximum absolute atomic E-state index is 11.9. The summed E-state index contributed by atoms with van der Waals surface area (Å²) >= 11 is 0. The van der Waals surface area contributed by atoms with Crippen LogP contribution in [-0.4, -0.2) is 29.6 Å². The van der Waals surface area contributed by atoms with Crippen LogP contribution in [0.2, 0.25) is 0 Å². The molecule has 1 unspecified atom stereocenters. The molecular formula is C15H23ClN2O3. The van der Waals surface area contributed by atoms with Gasteiger partial charge in [0, 0.05) is 5.69 Å². The third-order valence-electron chi connectivity index (χ3n) is 3.13. The van der Waals surface area contributed by atoms with Gasteiger partial charge in [-0.05, 0) is 31.4 Å². The lowest BCUT2D eigenvalue weighted by atomic mass is 10.1. The number of carbonyl (C=O) groups excluding carboxylic acids is 1. The largest absolute Gasteiger partial charge is 0.480 e. The Morgan fingerprint density at radius 2 is 1.81 bits per heavy atom. The molecule has 1 atom stereocenters. The predicted octanol–water partition coefficient (Wildman–Crippen LogP) is 2.51. The Morgan fingerprint density at radius 1 is 1.24 bits per heavy atom. The molecule has 0 aromatic heterocycles. The Balaban J connectivity index is 0.00000400. The molecule has 5 nitrogen and oxygen atoms in total. The smallest absolute Gasteiger partial charge is 0.320 e. The molecule has 0 saturated carbocycles. The van der Waals surface area contributed by atoms with Crippen LogP contribution in [0.3, 0.4) is 0 Å². The van der Waals surface area contributed by atoms with Crippen LogP contribution in [0.5, 0.6) is 0 Å². The van der Waals surface area contributed by atoms with Crippen molar-refractivity contribution in [3.05, 3.63) is 29.3 Å². The highest BCUT2D eigenvalue weighted by Gasteiger charge is 2.17. The minimum absolute atomic E-state index is 0. The zero-order valence-corrected chi connectivity index (χ0v) is 13.4. The maximum atomic E-state index is 11.9. The Kier molecular flexibility index (Phi) is 8.66. The number of hydrogen-bond donors (Lipinski definition) is 3. The number of halogens is 1. The molecule has 1 rings (SSSR count). The Hall–Kier alpha value is -1.59. The first-order valence-electron chi connectivity index (χ1n) is 6.78. The molecular weight excluding hydrogens is 292 g/mol. The number of para-hydroxylation sites is 1. The van der Waals surface area contributed by atoms with Crippen LogP contribution in [-0.2, 0) is 9.59 Å². The number of carboxylic acid groups (broad SMARTS) is 1. The van der Waals surface area contributed by atoms with E-state index in [4.69, 9.17) is 5.11 Å². The van der Waals surface area contributed by atoms with Crippen LogP contribution in [0.4, 0.5) is 5.69 Å². The van der Waals surface area contributed by atoms with Gasteiger partial charge in [0.2, 0.25) is 5.91 Å². The second-order valence-corrected chi connectivity index (χ2v) is 4.88. The second kappa shape index (κ2) is 9.37. The second-order valence-electron chi connectivity index (χ2n) is 4.88. The lowest BCUT2D eigenvalue weighted by molar-refractivity contribution is -0.139. The SMILES string of the molecule is CCCC(NCC(=O)Nc1c(C)cccc1C)C(=O)O.Cl. The minimum atomic E-state index is -0.924. The summed E-state index contributed by atoms with van der Waals surface area (Å²) in [5.41, 5.74) is 2.77. The number of carbonyl (C=O) groups is 2. The summed E-state index contributed by atoms with van der Waals surface area (Å²) in [6, 6.07) is 5.10. The van der Waals surface area contributed by atoms with Crippen LogP contribution < -0.4 is 10.6 Å². The number of rotatable bonds is 7. The van der Waals surface area contributed by atoms with Crippen molar-refractivity contribution in [1.29, 1.82) is 0 Å². The highest BCUT2D eigenvalue weighted by molar-refractivity contribution is 5.94. The molecule has 0 heterocycles. The molecule has 1 aromatic carbocycles. The Labute approximate surface area is 131 Å². The van der Waals surface area contributed by atoms with Gasteiger partial charge in [0.05, 0.1) is 6.54 Å². The number of hydrogen-bond acceptors (Lipinski definition) is 3. The van der Waals surface area contributed by atoms with Crippen LogP contribution in [0.25, 0.3) is 0 Å². The van der Waals surface area contributed by atoms with Crippen molar-refractivity contribution in [2.75, 3.05) is 11.9 Å². The number of amides is 1. The van der Waals surface area contributed by atoms with E-state index in [2.05, 4.69) is 10.6 Å². The van der Waals surface area contributed by atoms with Gasteiger partial charge in [-0.1, -0.05) is 31.5 Å². The van der Waals surface area contributed by atoms with Crippen LogP contribution in [0.1, 0.15) is 30.9 Å². The van der Waals surface area contributed by atoms with Crippen molar-refractivity contribution < 1.29 is 14.7 Å². The quantitative estimate of drug-likeness (QED) is 0.722. The Bertz CT molecular complexity index is 472. The lowest BCUT2D eigenvalue weighted by Crippen LogP contribution is -2.41. The van der Waals surface area contributed by atoms with E-state index in [0.717, 1.165) is 23.2 Å². The summed E-state index contributed by atoms with van der Waals surface area (Å²) in [6.45, 7) is 5.75. The molecule has 1 amide bonds. The zero-order valence-electron chi connectivity index (χ0n) is 12.6. The normalized spacial score (nSPS) is 11.4. The van der Waals surface area contributed by atoms with Gasteiger partial charge in [-0.15, -0.1) is 12.4 Å². The summed E-state index contributed by atoms with van der Waals surface area (Å²) < 4.78 is 0. The van der Waals surface area contributed by atoms with Gasteiger partial charge in [-0.2, -0.15) is 0 Å². The van der Waals surface area contributed by atoms with E-state index < -0.39 is 12.0 Å².